The van der Waals surface area contributed by atoms with E-state index in [9.17, 15) is 9.59 Å². The standard InChI is InChI=1S/C19H28N2O2S/c1-13-5-7-17(8-6-13)20-18(22)12-24-16(4)19(23)21-10-14(2)9-15(3)11-21/h5-8,14-16H,9-12H2,1-4H3,(H,20,22). The van der Waals surface area contributed by atoms with Crippen molar-refractivity contribution in [3.05, 3.63) is 29.8 Å². The minimum absolute atomic E-state index is 0.0658. The molecule has 2 amide bonds. The van der Waals surface area contributed by atoms with Gasteiger partial charge in [0.25, 0.3) is 0 Å². The molecule has 1 heterocycles. The van der Waals surface area contributed by atoms with Crippen molar-refractivity contribution in [3.8, 4) is 0 Å². The number of benzene rings is 1. The van der Waals surface area contributed by atoms with Crippen molar-refractivity contribution in [2.45, 2.75) is 39.4 Å². The summed E-state index contributed by atoms with van der Waals surface area (Å²) in [6, 6.07) is 7.72. The van der Waals surface area contributed by atoms with E-state index in [1.54, 1.807) is 0 Å². The molecule has 24 heavy (non-hydrogen) atoms. The summed E-state index contributed by atoms with van der Waals surface area (Å²) in [5, 5.41) is 2.68. The highest BCUT2D eigenvalue weighted by atomic mass is 32.2. The quantitative estimate of drug-likeness (QED) is 0.885. The van der Waals surface area contributed by atoms with E-state index < -0.39 is 0 Å². The van der Waals surface area contributed by atoms with Gasteiger partial charge in [-0.15, -0.1) is 11.8 Å². The zero-order valence-electron chi connectivity index (χ0n) is 15.0. The van der Waals surface area contributed by atoms with E-state index in [1.165, 1.54) is 18.2 Å². The summed E-state index contributed by atoms with van der Waals surface area (Å²) < 4.78 is 0. The number of nitrogens with one attached hydrogen (secondary N) is 1. The smallest absolute Gasteiger partial charge is 0.235 e. The van der Waals surface area contributed by atoms with Crippen LogP contribution in [0.5, 0.6) is 0 Å². The molecule has 3 unspecified atom stereocenters. The van der Waals surface area contributed by atoms with Crippen LogP contribution in [0.4, 0.5) is 5.69 Å². The predicted octanol–water partition coefficient (Wildman–Crippen LogP) is 3.56. The summed E-state index contributed by atoms with van der Waals surface area (Å²) in [6.45, 7) is 9.98. The SMILES string of the molecule is Cc1ccc(NC(=O)CSC(C)C(=O)N2CC(C)CC(C)C2)cc1. The number of piperidine rings is 1. The number of carbonyl (C=O) groups is 2. The molecule has 3 atom stereocenters. The second-order valence-electron chi connectivity index (χ2n) is 7.06. The predicted molar refractivity (Wildman–Crippen MR) is 101 cm³/mol. The summed E-state index contributed by atoms with van der Waals surface area (Å²) >= 11 is 1.41. The Morgan fingerprint density at radius 2 is 1.79 bits per heavy atom. The topological polar surface area (TPSA) is 49.4 Å². The van der Waals surface area contributed by atoms with E-state index in [0.717, 1.165) is 24.3 Å². The molecule has 0 radical (unpaired) electrons. The third-order valence-corrected chi connectivity index (χ3v) is 5.46. The molecule has 2 rings (SSSR count). The van der Waals surface area contributed by atoms with Gasteiger partial charge in [-0.1, -0.05) is 31.5 Å². The number of hydrogen-bond donors (Lipinski definition) is 1. The summed E-state index contributed by atoms with van der Waals surface area (Å²) in [4.78, 5) is 26.6. The van der Waals surface area contributed by atoms with Gasteiger partial charge in [0.15, 0.2) is 0 Å². The molecule has 1 aliphatic heterocycles. The molecule has 1 N–H and O–H groups in total. The minimum Gasteiger partial charge on any atom is -0.341 e. The molecule has 132 valence electrons. The van der Waals surface area contributed by atoms with Gasteiger partial charge < -0.3 is 10.2 Å². The molecule has 1 aliphatic rings. The fraction of sp³-hybridized carbons (Fsp3) is 0.579. The lowest BCUT2D eigenvalue weighted by Gasteiger charge is -2.36. The largest absolute Gasteiger partial charge is 0.341 e. The zero-order valence-corrected chi connectivity index (χ0v) is 15.9. The maximum atomic E-state index is 12.6. The van der Waals surface area contributed by atoms with E-state index >= 15 is 0 Å². The summed E-state index contributed by atoms with van der Waals surface area (Å²) in [5.41, 5.74) is 1.95. The molecule has 1 fully saturated rings. The van der Waals surface area contributed by atoms with E-state index in [-0.39, 0.29) is 17.1 Å². The second kappa shape index (κ2) is 8.56. The lowest BCUT2D eigenvalue weighted by molar-refractivity contribution is -0.132. The molecule has 0 aliphatic carbocycles. The number of aryl methyl sites for hydroxylation is 1. The minimum atomic E-state index is -0.189. The Bertz CT molecular complexity index is 563. The van der Waals surface area contributed by atoms with Gasteiger partial charge in [0, 0.05) is 18.8 Å². The molecule has 4 nitrogen and oxygen atoms in total. The van der Waals surface area contributed by atoms with Gasteiger partial charge in [-0.05, 0) is 44.2 Å². The van der Waals surface area contributed by atoms with Gasteiger partial charge in [-0.3, -0.25) is 9.59 Å². The van der Waals surface area contributed by atoms with Crippen LogP contribution in [0.25, 0.3) is 0 Å². The number of likely N-dealkylation sites (tertiary alicyclic amines) is 1. The first-order valence-electron chi connectivity index (χ1n) is 8.62. The fourth-order valence-corrected chi connectivity index (χ4v) is 3.97. The average Bonchev–Trinajstić information content (AvgIpc) is 2.53. The molecule has 0 spiro atoms. The lowest BCUT2D eigenvalue weighted by atomic mass is 9.92. The summed E-state index contributed by atoms with van der Waals surface area (Å²) in [6.07, 6.45) is 1.18. The van der Waals surface area contributed by atoms with Crippen molar-refractivity contribution in [1.29, 1.82) is 0 Å². The van der Waals surface area contributed by atoms with Gasteiger partial charge >= 0.3 is 0 Å². The monoisotopic (exact) mass is 348 g/mol. The Hall–Kier alpha value is -1.49. The summed E-state index contributed by atoms with van der Waals surface area (Å²) in [5.74, 6) is 1.49. The van der Waals surface area contributed by atoms with Crippen LogP contribution in [-0.4, -0.2) is 40.8 Å². The molecule has 0 saturated carbocycles. The maximum Gasteiger partial charge on any atom is 0.235 e. The number of thioether (sulfide) groups is 1. The molecular weight excluding hydrogens is 320 g/mol. The van der Waals surface area contributed by atoms with E-state index in [1.807, 2.05) is 43.0 Å². The zero-order chi connectivity index (χ0) is 17.7. The molecule has 0 aromatic heterocycles. The first-order chi connectivity index (χ1) is 11.3. The van der Waals surface area contributed by atoms with Gasteiger partial charge in [0.05, 0.1) is 11.0 Å². The number of nitrogens with zero attached hydrogens (tertiary/aromatic N) is 1. The Labute approximate surface area is 149 Å². The normalized spacial score (nSPS) is 22.1. The van der Waals surface area contributed by atoms with E-state index in [4.69, 9.17) is 0 Å². The van der Waals surface area contributed by atoms with Crippen molar-refractivity contribution in [2.75, 3.05) is 24.2 Å². The van der Waals surface area contributed by atoms with Crippen molar-refractivity contribution in [3.63, 3.8) is 0 Å². The highest BCUT2D eigenvalue weighted by Gasteiger charge is 2.28. The lowest BCUT2D eigenvalue weighted by Crippen LogP contribution is -2.45. The summed E-state index contributed by atoms with van der Waals surface area (Å²) in [7, 11) is 0. The fourth-order valence-electron chi connectivity index (χ4n) is 3.21. The Morgan fingerprint density at radius 3 is 2.38 bits per heavy atom. The van der Waals surface area contributed by atoms with Crippen molar-refractivity contribution in [2.24, 2.45) is 11.8 Å². The van der Waals surface area contributed by atoms with Crippen LogP contribution in [0.15, 0.2) is 24.3 Å². The highest BCUT2D eigenvalue weighted by molar-refractivity contribution is 8.01. The van der Waals surface area contributed by atoms with Gasteiger partial charge in [0.1, 0.15) is 0 Å². The molecule has 1 aromatic carbocycles. The van der Waals surface area contributed by atoms with Gasteiger partial charge in [-0.2, -0.15) is 0 Å². The third-order valence-electron chi connectivity index (χ3n) is 4.33. The van der Waals surface area contributed by atoms with Gasteiger partial charge in [0.2, 0.25) is 11.8 Å². The van der Waals surface area contributed by atoms with E-state index in [0.29, 0.717) is 17.6 Å². The Kier molecular flexibility index (Phi) is 6.72. The van der Waals surface area contributed by atoms with Crippen LogP contribution in [0.1, 0.15) is 32.8 Å². The number of carbonyl (C=O) groups excluding carboxylic acids is 2. The van der Waals surface area contributed by atoms with Crippen molar-refractivity contribution >= 4 is 29.3 Å². The van der Waals surface area contributed by atoms with Crippen LogP contribution in [-0.2, 0) is 9.59 Å². The van der Waals surface area contributed by atoms with E-state index in [2.05, 4.69) is 19.2 Å². The molecule has 1 saturated heterocycles. The molecule has 5 heteroatoms. The number of hydrogen-bond acceptors (Lipinski definition) is 3. The number of rotatable bonds is 5. The Balaban J connectivity index is 1.79. The molecule has 1 aromatic rings. The van der Waals surface area contributed by atoms with Crippen molar-refractivity contribution in [1.82, 2.24) is 4.90 Å². The van der Waals surface area contributed by atoms with Crippen LogP contribution >= 0.6 is 11.8 Å². The van der Waals surface area contributed by atoms with Crippen LogP contribution in [0, 0.1) is 18.8 Å². The maximum absolute atomic E-state index is 12.6. The molecular formula is C19H28N2O2S. The first kappa shape index (κ1) is 18.8. The number of anilines is 1. The van der Waals surface area contributed by atoms with Crippen LogP contribution < -0.4 is 5.32 Å². The first-order valence-corrected chi connectivity index (χ1v) is 9.67. The van der Waals surface area contributed by atoms with Crippen LogP contribution in [0.2, 0.25) is 0 Å². The molecule has 0 bridgehead atoms. The Morgan fingerprint density at radius 1 is 1.21 bits per heavy atom. The average molecular weight is 349 g/mol. The highest BCUT2D eigenvalue weighted by Crippen LogP contribution is 2.23. The number of amides is 2. The second-order valence-corrected chi connectivity index (χ2v) is 8.39. The third kappa shape index (κ3) is 5.55. The van der Waals surface area contributed by atoms with Gasteiger partial charge in [-0.25, -0.2) is 0 Å². The van der Waals surface area contributed by atoms with Crippen molar-refractivity contribution < 1.29 is 9.59 Å². The van der Waals surface area contributed by atoms with Crippen LogP contribution in [0.3, 0.4) is 0 Å².